The van der Waals surface area contributed by atoms with Gasteiger partial charge in [0.25, 0.3) is 0 Å². The summed E-state index contributed by atoms with van der Waals surface area (Å²) in [5.74, 6) is 0.589. The van der Waals surface area contributed by atoms with Crippen molar-refractivity contribution in [3.05, 3.63) is 66.4 Å². The molecule has 2 aromatic carbocycles. The second-order valence-corrected chi connectivity index (χ2v) is 9.56. The van der Waals surface area contributed by atoms with Crippen LogP contribution in [-0.4, -0.2) is 58.2 Å². The summed E-state index contributed by atoms with van der Waals surface area (Å²) in [5.41, 5.74) is 5.11. The van der Waals surface area contributed by atoms with E-state index in [-0.39, 0.29) is 5.82 Å². The van der Waals surface area contributed by atoms with Gasteiger partial charge in [0.15, 0.2) is 23.0 Å². The van der Waals surface area contributed by atoms with Gasteiger partial charge in [-0.25, -0.2) is 14.4 Å². The first-order valence-electron chi connectivity index (χ1n) is 12.4. The van der Waals surface area contributed by atoms with Crippen LogP contribution in [0.15, 0.2) is 55.0 Å². The van der Waals surface area contributed by atoms with Crippen molar-refractivity contribution in [3.63, 3.8) is 0 Å². The van der Waals surface area contributed by atoms with E-state index < -0.39 is 0 Å². The normalized spacial score (nSPS) is 16.3. The molecule has 0 spiro atoms. The lowest BCUT2D eigenvalue weighted by molar-refractivity contribution is 0.209. The first-order valence-corrected chi connectivity index (χ1v) is 12.4. The Morgan fingerprint density at radius 3 is 2.64 bits per heavy atom. The second-order valence-electron chi connectivity index (χ2n) is 9.56. The van der Waals surface area contributed by atoms with Crippen molar-refractivity contribution in [1.29, 1.82) is 0 Å². The summed E-state index contributed by atoms with van der Waals surface area (Å²) in [6.07, 6.45) is 5.34. The van der Waals surface area contributed by atoms with E-state index in [0.717, 1.165) is 48.7 Å². The maximum Gasteiger partial charge on any atom is 0.180 e. The van der Waals surface area contributed by atoms with Crippen LogP contribution in [0, 0.1) is 5.82 Å². The summed E-state index contributed by atoms with van der Waals surface area (Å²) >= 11 is 0. The summed E-state index contributed by atoms with van der Waals surface area (Å²) in [6, 6.07) is 12.5. The number of ether oxygens (including phenoxy) is 1. The van der Waals surface area contributed by atoms with E-state index in [1.807, 2.05) is 16.7 Å². The molecule has 0 amide bonds. The van der Waals surface area contributed by atoms with Gasteiger partial charge >= 0.3 is 0 Å². The van der Waals surface area contributed by atoms with Gasteiger partial charge in [-0.2, -0.15) is 0 Å². The number of fused-ring (bicyclic) bond motifs is 2. The molecule has 2 aromatic heterocycles. The molecule has 8 nitrogen and oxygen atoms in total. The van der Waals surface area contributed by atoms with Crippen LogP contribution in [-0.2, 0) is 6.54 Å². The zero-order valence-corrected chi connectivity index (χ0v) is 20.5. The van der Waals surface area contributed by atoms with Gasteiger partial charge in [-0.05, 0) is 50.2 Å². The van der Waals surface area contributed by atoms with E-state index in [0.29, 0.717) is 36.5 Å². The number of hydrogen-bond donors (Lipinski definition) is 2. The van der Waals surface area contributed by atoms with Crippen LogP contribution in [0.3, 0.4) is 0 Å². The number of piperazine rings is 1. The van der Waals surface area contributed by atoms with Crippen LogP contribution >= 0.6 is 0 Å². The molecule has 2 aliphatic rings. The smallest absolute Gasteiger partial charge is 0.180 e. The third-order valence-corrected chi connectivity index (χ3v) is 7.02. The highest BCUT2D eigenvalue weighted by Gasteiger charge is 2.20. The lowest BCUT2D eigenvalue weighted by Gasteiger charge is -2.38. The molecule has 6 rings (SSSR count). The van der Waals surface area contributed by atoms with Crippen molar-refractivity contribution in [2.75, 3.05) is 43.1 Å². The fraction of sp³-hybridized carbons (Fsp3) is 0.333. The second kappa shape index (κ2) is 9.40. The van der Waals surface area contributed by atoms with E-state index in [9.17, 15) is 4.39 Å². The average Bonchev–Trinajstić information content (AvgIpc) is 3.40. The number of aromatic nitrogens is 3. The number of halogens is 1. The lowest BCUT2D eigenvalue weighted by atomic mass is 10.1. The van der Waals surface area contributed by atoms with Gasteiger partial charge in [0.2, 0.25) is 0 Å². The number of anilines is 3. The molecule has 0 aliphatic carbocycles. The van der Waals surface area contributed by atoms with Crippen molar-refractivity contribution in [2.24, 2.45) is 0 Å². The highest BCUT2D eigenvalue weighted by molar-refractivity contribution is 5.75. The first-order chi connectivity index (χ1) is 17.6. The van der Waals surface area contributed by atoms with Crippen LogP contribution in [0.25, 0.3) is 16.9 Å². The SMILES string of the molecule is CC(C)N1CCN(c2ccc(Nc3ncc(-c4cc(F)c5c(c4)CNCO5)n4ccnc34)cc2)CC1. The van der Waals surface area contributed by atoms with Crippen LogP contribution in [0.1, 0.15) is 19.4 Å². The molecule has 0 saturated carbocycles. The molecule has 0 unspecified atom stereocenters. The van der Waals surface area contributed by atoms with E-state index in [4.69, 9.17) is 4.74 Å². The van der Waals surface area contributed by atoms with Gasteiger partial charge in [-0.15, -0.1) is 0 Å². The molecule has 4 aromatic rings. The summed E-state index contributed by atoms with van der Waals surface area (Å²) < 4.78 is 22.1. The number of rotatable bonds is 5. The van der Waals surface area contributed by atoms with Gasteiger partial charge in [-0.3, -0.25) is 14.6 Å². The van der Waals surface area contributed by atoms with Crippen LogP contribution in [0.5, 0.6) is 5.75 Å². The van der Waals surface area contributed by atoms with E-state index in [1.54, 1.807) is 12.4 Å². The predicted octanol–water partition coefficient (Wildman–Crippen LogP) is 4.25. The van der Waals surface area contributed by atoms with Crippen molar-refractivity contribution in [1.82, 2.24) is 24.6 Å². The Morgan fingerprint density at radius 2 is 1.86 bits per heavy atom. The minimum absolute atomic E-state index is 0.312. The Labute approximate surface area is 209 Å². The quantitative estimate of drug-likeness (QED) is 0.436. The minimum Gasteiger partial charge on any atom is -0.475 e. The molecule has 0 atom stereocenters. The molecular weight excluding hydrogens is 457 g/mol. The number of nitrogens with one attached hydrogen (secondary N) is 2. The molecule has 186 valence electrons. The largest absolute Gasteiger partial charge is 0.475 e. The number of imidazole rings is 1. The highest BCUT2D eigenvalue weighted by atomic mass is 19.1. The number of hydrogen-bond acceptors (Lipinski definition) is 7. The Kier molecular flexibility index (Phi) is 5.94. The third kappa shape index (κ3) is 4.25. The van der Waals surface area contributed by atoms with E-state index in [1.165, 1.54) is 11.8 Å². The summed E-state index contributed by atoms with van der Waals surface area (Å²) in [6.45, 7) is 9.63. The van der Waals surface area contributed by atoms with E-state index in [2.05, 4.69) is 68.5 Å². The van der Waals surface area contributed by atoms with Gasteiger partial charge in [0, 0.05) is 73.7 Å². The maximum atomic E-state index is 14.7. The molecule has 2 N–H and O–H groups in total. The van der Waals surface area contributed by atoms with Crippen molar-refractivity contribution in [2.45, 2.75) is 26.4 Å². The number of nitrogens with zero attached hydrogens (tertiary/aromatic N) is 5. The van der Waals surface area contributed by atoms with Crippen LogP contribution in [0.2, 0.25) is 0 Å². The lowest BCUT2D eigenvalue weighted by Crippen LogP contribution is -2.48. The fourth-order valence-corrected chi connectivity index (χ4v) is 5.01. The zero-order valence-electron chi connectivity index (χ0n) is 20.5. The Balaban J connectivity index is 1.23. The minimum atomic E-state index is -0.370. The summed E-state index contributed by atoms with van der Waals surface area (Å²) in [5, 5.41) is 6.51. The van der Waals surface area contributed by atoms with Gasteiger partial charge in [0.1, 0.15) is 6.73 Å². The molecule has 0 bridgehead atoms. The molecule has 1 fully saturated rings. The summed E-state index contributed by atoms with van der Waals surface area (Å²) in [7, 11) is 0. The predicted molar refractivity (Wildman–Crippen MR) is 139 cm³/mol. The van der Waals surface area contributed by atoms with Crippen molar-refractivity contribution >= 4 is 22.8 Å². The maximum absolute atomic E-state index is 14.7. The molecule has 0 radical (unpaired) electrons. The topological polar surface area (TPSA) is 70.0 Å². The van der Waals surface area contributed by atoms with E-state index >= 15 is 0 Å². The molecule has 4 heterocycles. The molecule has 2 aliphatic heterocycles. The third-order valence-electron chi connectivity index (χ3n) is 7.02. The highest BCUT2D eigenvalue weighted by Crippen LogP contribution is 2.33. The fourth-order valence-electron chi connectivity index (χ4n) is 5.01. The Bertz CT molecular complexity index is 1380. The molecular formula is C27H30FN7O. The molecule has 1 saturated heterocycles. The Hall–Kier alpha value is -3.69. The molecule has 9 heteroatoms. The monoisotopic (exact) mass is 487 g/mol. The van der Waals surface area contributed by atoms with Crippen LogP contribution < -0.4 is 20.3 Å². The average molecular weight is 488 g/mol. The summed E-state index contributed by atoms with van der Waals surface area (Å²) in [4.78, 5) is 14.1. The van der Waals surface area contributed by atoms with Crippen molar-refractivity contribution in [3.8, 4) is 17.0 Å². The number of benzene rings is 2. The standard InChI is InChI=1S/C27H30FN7O/c1-18(2)33-9-11-34(12-10-33)22-5-3-21(4-6-22)32-26-27-30-7-8-35(27)24(16-31-26)19-13-20-15-29-17-36-25(20)23(28)14-19/h3-8,13-14,16,18,29H,9-12,15,17H2,1-2H3,(H,31,32). The zero-order chi connectivity index (χ0) is 24.6. The van der Waals surface area contributed by atoms with Crippen molar-refractivity contribution < 1.29 is 9.13 Å². The first kappa shape index (κ1) is 22.8. The van der Waals surface area contributed by atoms with Gasteiger partial charge in [-0.1, -0.05) is 0 Å². The Morgan fingerprint density at radius 1 is 1.06 bits per heavy atom. The van der Waals surface area contributed by atoms with Crippen LogP contribution in [0.4, 0.5) is 21.6 Å². The van der Waals surface area contributed by atoms with Gasteiger partial charge < -0.3 is 15.0 Å². The molecule has 36 heavy (non-hydrogen) atoms. The van der Waals surface area contributed by atoms with Gasteiger partial charge in [0.05, 0.1) is 11.9 Å².